The quantitative estimate of drug-likeness (QED) is 0.713. The Balaban J connectivity index is 1.35. The minimum absolute atomic E-state index is 0.0258. The van der Waals surface area contributed by atoms with E-state index in [2.05, 4.69) is 10.3 Å². The van der Waals surface area contributed by atoms with Gasteiger partial charge >= 0.3 is 0 Å². The number of thiazole rings is 1. The van der Waals surface area contributed by atoms with E-state index >= 15 is 0 Å². The topological polar surface area (TPSA) is 62.3 Å². The Morgan fingerprint density at radius 1 is 1.29 bits per heavy atom. The van der Waals surface area contributed by atoms with E-state index in [1.165, 1.54) is 23.5 Å². The molecule has 3 aromatic rings. The highest BCUT2D eigenvalue weighted by Gasteiger charge is 2.34. The monoisotopic (exact) mass is 397 g/mol. The highest BCUT2D eigenvalue weighted by atomic mass is 32.1. The number of nitrogens with one attached hydrogen (secondary N) is 1. The largest absolute Gasteiger partial charge is 0.342 e. The zero-order valence-electron chi connectivity index (χ0n) is 15.4. The summed E-state index contributed by atoms with van der Waals surface area (Å²) in [7, 11) is 0. The van der Waals surface area contributed by atoms with Crippen LogP contribution in [-0.2, 0) is 16.0 Å². The van der Waals surface area contributed by atoms with Crippen LogP contribution in [0.3, 0.4) is 0 Å². The van der Waals surface area contributed by atoms with Gasteiger partial charge in [0.15, 0.2) is 5.13 Å². The molecule has 7 heteroatoms. The molecule has 0 bridgehead atoms. The summed E-state index contributed by atoms with van der Waals surface area (Å²) in [4.78, 5) is 31.0. The van der Waals surface area contributed by atoms with Crippen LogP contribution >= 0.6 is 11.3 Å². The molecule has 4 rings (SSSR count). The van der Waals surface area contributed by atoms with Crippen molar-refractivity contribution in [3.8, 4) is 0 Å². The molecule has 0 saturated carbocycles. The molecule has 5 nitrogen and oxygen atoms in total. The van der Waals surface area contributed by atoms with Crippen LogP contribution in [0.25, 0.3) is 10.2 Å². The number of aryl methyl sites for hydroxylation is 1. The zero-order valence-corrected chi connectivity index (χ0v) is 16.3. The predicted octanol–water partition coefficient (Wildman–Crippen LogP) is 3.77. The normalized spacial score (nSPS) is 16.7. The zero-order chi connectivity index (χ0) is 19.7. The molecular weight excluding hydrogens is 377 g/mol. The number of fused-ring (bicyclic) bond motifs is 1. The third-order valence-electron chi connectivity index (χ3n) is 4.94. The Labute approximate surface area is 166 Å². The van der Waals surface area contributed by atoms with Crippen molar-refractivity contribution < 1.29 is 14.0 Å². The van der Waals surface area contributed by atoms with Crippen molar-refractivity contribution in [2.75, 3.05) is 18.4 Å². The summed E-state index contributed by atoms with van der Waals surface area (Å²) in [6, 6.07) is 12.2. The third-order valence-corrected chi connectivity index (χ3v) is 5.88. The molecule has 144 valence electrons. The van der Waals surface area contributed by atoms with E-state index in [0.29, 0.717) is 24.6 Å². The summed E-state index contributed by atoms with van der Waals surface area (Å²) in [6.45, 7) is 2.94. The second-order valence-corrected chi connectivity index (χ2v) is 8.13. The Hall–Kier alpha value is -2.80. The molecule has 1 aliphatic heterocycles. The van der Waals surface area contributed by atoms with E-state index < -0.39 is 0 Å². The van der Waals surface area contributed by atoms with Crippen LogP contribution < -0.4 is 5.32 Å². The van der Waals surface area contributed by atoms with Gasteiger partial charge in [-0.05, 0) is 48.7 Å². The van der Waals surface area contributed by atoms with E-state index in [0.717, 1.165) is 21.3 Å². The Bertz CT molecular complexity index is 1030. The maximum absolute atomic E-state index is 13.0. The summed E-state index contributed by atoms with van der Waals surface area (Å²) in [5.74, 6) is -0.854. The average molecular weight is 397 g/mol. The Morgan fingerprint density at radius 3 is 2.86 bits per heavy atom. The molecule has 2 amide bonds. The smallest absolute Gasteiger partial charge is 0.231 e. The molecule has 0 unspecified atom stereocenters. The van der Waals surface area contributed by atoms with Gasteiger partial charge in [-0.1, -0.05) is 29.5 Å². The number of rotatable bonds is 5. The van der Waals surface area contributed by atoms with Crippen LogP contribution in [-0.4, -0.2) is 34.8 Å². The number of anilines is 1. The molecule has 1 atom stereocenters. The molecule has 0 radical (unpaired) electrons. The van der Waals surface area contributed by atoms with Gasteiger partial charge in [-0.3, -0.25) is 9.59 Å². The van der Waals surface area contributed by atoms with Gasteiger partial charge in [0.05, 0.1) is 16.1 Å². The Kier molecular flexibility index (Phi) is 5.09. The van der Waals surface area contributed by atoms with Crippen molar-refractivity contribution >= 4 is 38.5 Å². The van der Waals surface area contributed by atoms with Crippen LogP contribution in [0.5, 0.6) is 0 Å². The molecule has 0 spiro atoms. The van der Waals surface area contributed by atoms with Crippen molar-refractivity contribution in [1.82, 2.24) is 9.88 Å². The predicted molar refractivity (Wildman–Crippen MR) is 108 cm³/mol. The first kappa shape index (κ1) is 18.6. The molecule has 1 saturated heterocycles. The molecule has 1 aromatic heterocycles. The first-order valence-corrected chi connectivity index (χ1v) is 10.00. The van der Waals surface area contributed by atoms with E-state index in [1.807, 2.05) is 25.1 Å². The van der Waals surface area contributed by atoms with Crippen LogP contribution in [0.1, 0.15) is 17.5 Å². The maximum atomic E-state index is 13.0. The van der Waals surface area contributed by atoms with E-state index in [1.54, 1.807) is 17.0 Å². The van der Waals surface area contributed by atoms with Gasteiger partial charge < -0.3 is 10.2 Å². The molecule has 2 aromatic carbocycles. The summed E-state index contributed by atoms with van der Waals surface area (Å²) in [6.07, 6.45) is 0.844. The number of amides is 2. The van der Waals surface area contributed by atoms with E-state index in [9.17, 15) is 14.0 Å². The lowest BCUT2D eigenvalue weighted by molar-refractivity contribution is -0.128. The summed E-state index contributed by atoms with van der Waals surface area (Å²) < 4.78 is 14.0. The summed E-state index contributed by atoms with van der Waals surface area (Å²) in [5, 5.41) is 3.42. The second-order valence-electron chi connectivity index (χ2n) is 7.10. The van der Waals surface area contributed by atoms with Gasteiger partial charge in [0.1, 0.15) is 5.82 Å². The van der Waals surface area contributed by atoms with Gasteiger partial charge in [-0.2, -0.15) is 0 Å². The first-order chi connectivity index (χ1) is 13.5. The summed E-state index contributed by atoms with van der Waals surface area (Å²) in [5.41, 5.74) is 2.97. The second kappa shape index (κ2) is 7.67. The number of benzene rings is 2. The van der Waals surface area contributed by atoms with Crippen molar-refractivity contribution in [2.45, 2.75) is 19.8 Å². The molecule has 2 heterocycles. The van der Waals surface area contributed by atoms with Crippen LogP contribution in [0.4, 0.5) is 9.52 Å². The van der Waals surface area contributed by atoms with Crippen molar-refractivity contribution in [2.24, 2.45) is 5.92 Å². The fraction of sp³-hybridized carbons (Fsp3) is 0.286. The molecular formula is C21H20FN3O2S. The SMILES string of the molecule is Cc1ccc2nc(NC(=O)[C@@H]3CC(=O)N(CCc4ccc(F)cc4)C3)sc2c1. The lowest BCUT2D eigenvalue weighted by Crippen LogP contribution is -2.30. The minimum Gasteiger partial charge on any atom is -0.342 e. The number of hydrogen-bond acceptors (Lipinski definition) is 4. The van der Waals surface area contributed by atoms with Gasteiger partial charge in [-0.25, -0.2) is 9.37 Å². The first-order valence-electron chi connectivity index (χ1n) is 9.18. The van der Waals surface area contributed by atoms with E-state index in [-0.39, 0.29) is 30.0 Å². The molecule has 1 fully saturated rings. The van der Waals surface area contributed by atoms with Gasteiger partial charge in [-0.15, -0.1) is 0 Å². The number of nitrogens with zero attached hydrogens (tertiary/aromatic N) is 2. The number of carbonyl (C=O) groups excluding carboxylic acids is 2. The molecule has 1 N–H and O–H groups in total. The third kappa shape index (κ3) is 4.04. The number of likely N-dealkylation sites (tertiary alicyclic amines) is 1. The molecule has 1 aliphatic rings. The average Bonchev–Trinajstić information content (AvgIpc) is 3.23. The number of aromatic nitrogens is 1. The highest BCUT2D eigenvalue weighted by Crippen LogP contribution is 2.28. The van der Waals surface area contributed by atoms with E-state index in [4.69, 9.17) is 0 Å². The number of halogens is 1. The van der Waals surface area contributed by atoms with Gasteiger partial charge in [0, 0.05) is 19.5 Å². The van der Waals surface area contributed by atoms with Crippen molar-refractivity contribution in [1.29, 1.82) is 0 Å². The Morgan fingerprint density at radius 2 is 2.07 bits per heavy atom. The number of hydrogen-bond donors (Lipinski definition) is 1. The standard InChI is InChI=1S/C21H20FN3O2S/c1-13-2-7-17-18(10-13)28-21(23-17)24-20(27)15-11-19(26)25(12-15)9-8-14-3-5-16(22)6-4-14/h2-7,10,15H,8-9,11-12H2,1H3,(H,23,24,27)/t15-/m1/s1. The van der Waals surface area contributed by atoms with Crippen molar-refractivity contribution in [3.05, 3.63) is 59.4 Å². The highest BCUT2D eigenvalue weighted by molar-refractivity contribution is 7.22. The minimum atomic E-state index is -0.380. The fourth-order valence-electron chi connectivity index (χ4n) is 3.37. The molecule has 28 heavy (non-hydrogen) atoms. The van der Waals surface area contributed by atoms with Crippen LogP contribution in [0, 0.1) is 18.7 Å². The summed E-state index contributed by atoms with van der Waals surface area (Å²) >= 11 is 1.44. The lowest BCUT2D eigenvalue weighted by Gasteiger charge is -2.16. The lowest BCUT2D eigenvalue weighted by atomic mass is 10.1. The number of carbonyl (C=O) groups is 2. The van der Waals surface area contributed by atoms with Gasteiger partial charge in [0.25, 0.3) is 0 Å². The maximum Gasteiger partial charge on any atom is 0.231 e. The fourth-order valence-corrected chi connectivity index (χ4v) is 4.34. The van der Waals surface area contributed by atoms with Gasteiger partial charge in [0.2, 0.25) is 11.8 Å². The van der Waals surface area contributed by atoms with Crippen molar-refractivity contribution in [3.63, 3.8) is 0 Å². The van der Waals surface area contributed by atoms with Crippen LogP contribution in [0.2, 0.25) is 0 Å². The molecule has 0 aliphatic carbocycles. The van der Waals surface area contributed by atoms with Crippen LogP contribution in [0.15, 0.2) is 42.5 Å².